The number of rotatable bonds is 6. The largest absolute Gasteiger partial charge is 0.487 e. The van der Waals surface area contributed by atoms with Gasteiger partial charge >= 0.3 is 0 Å². The van der Waals surface area contributed by atoms with E-state index in [0.717, 1.165) is 24.8 Å². The first-order valence-electron chi connectivity index (χ1n) is 9.93. The zero-order valence-corrected chi connectivity index (χ0v) is 17.2. The first-order chi connectivity index (χ1) is 14.1. The third kappa shape index (κ3) is 4.78. The number of carbonyl (C=O) groups is 1. The minimum absolute atomic E-state index is 0.0181. The van der Waals surface area contributed by atoms with E-state index in [1.54, 1.807) is 12.3 Å². The van der Waals surface area contributed by atoms with Gasteiger partial charge in [0.1, 0.15) is 17.7 Å². The predicted octanol–water partition coefficient (Wildman–Crippen LogP) is 4.31. The fourth-order valence-electron chi connectivity index (χ4n) is 3.85. The average molecular weight is 414 g/mol. The van der Waals surface area contributed by atoms with Crippen LogP contribution in [0, 0.1) is 5.82 Å². The first-order valence-corrected chi connectivity index (χ1v) is 11.2. The molecule has 152 valence electrons. The second kappa shape index (κ2) is 8.95. The number of hydrogen-bond donors (Lipinski definition) is 1. The van der Waals surface area contributed by atoms with Crippen LogP contribution in [0.3, 0.4) is 0 Å². The number of ether oxygens (including phenoxy) is 1. The van der Waals surface area contributed by atoms with Gasteiger partial charge in [0, 0.05) is 30.2 Å². The highest BCUT2D eigenvalue weighted by molar-refractivity contribution is 7.98. The summed E-state index contributed by atoms with van der Waals surface area (Å²) < 4.78 is 20.3. The molecule has 1 aliphatic heterocycles. The van der Waals surface area contributed by atoms with Gasteiger partial charge in [-0.3, -0.25) is 4.79 Å². The highest BCUT2D eigenvalue weighted by atomic mass is 32.2. The summed E-state index contributed by atoms with van der Waals surface area (Å²) in [7, 11) is 0. The van der Waals surface area contributed by atoms with Crippen molar-refractivity contribution in [1.29, 1.82) is 0 Å². The van der Waals surface area contributed by atoms with E-state index in [2.05, 4.69) is 21.4 Å². The maximum absolute atomic E-state index is 14.2. The quantitative estimate of drug-likeness (QED) is 0.434. The number of amides is 1. The molecule has 2 aromatic rings. The Bertz CT molecular complexity index is 948. The lowest BCUT2D eigenvalue weighted by Crippen LogP contribution is -2.34. The molecule has 1 aliphatic carbocycles. The van der Waals surface area contributed by atoms with E-state index >= 15 is 0 Å². The van der Waals surface area contributed by atoms with Crippen molar-refractivity contribution in [2.45, 2.75) is 49.8 Å². The molecule has 0 radical (unpaired) electrons. The molecule has 2 heterocycles. The molecule has 4 rings (SSSR count). The standard InChI is InChI=1S/C22H24FN3O2S/c1-29-22-24-8-7-19(26-22)18-12-16(23)10-15-11-17(28-21(15)18)13-25-20(27)9-14-5-3-2-4-6-14/h5,7-8,10,12,17H,2-4,6,9,11,13H2,1H3,(H,25,27). The Balaban J connectivity index is 1.43. The Labute approximate surface area is 174 Å². The molecule has 5 nitrogen and oxygen atoms in total. The van der Waals surface area contributed by atoms with Gasteiger partial charge in [-0.05, 0) is 50.1 Å². The molecule has 1 atom stereocenters. The van der Waals surface area contributed by atoms with Gasteiger partial charge in [-0.2, -0.15) is 0 Å². The van der Waals surface area contributed by atoms with Crippen LogP contribution in [0.4, 0.5) is 4.39 Å². The molecule has 1 aromatic heterocycles. The van der Waals surface area contributed by atoms with E-state index in [1.165, 1.54) is 35.9 Å². The summed E-state index contributed by atoms with van der Waals surface area (Å²) in [6, 6.07) is 4.71. The molecule has 7 heteroatoms. The molecule has 1 amide bonds. The van der Waals surface area contributed by atoms with Crippen molar-refractivity contribution in [3.63, 3.8) is 0 Å². The van der Waals surface area contributed by atoms with Crippen molar-refractivity contribution >= 4 is 17.7 Å². The van der Waals surface area contributed by atoms with Crippen LogP contribution in [0.1, 0.15) is 37.7 Å². The van der Waals surface area contributed by atoms with Gasteiger partial charge in [0.2, 0.25) is 5.91 Å². The van der Waals surface area contributed by atoms with Gasteiger partial charge in [0.15, 0.2) is 5.16 Å². The number of allylic oxidation sites excluding steroid dienone is 1. The molecule has 1 N–H and O–H groups in total. The molecule has 0 saturated carbocycles. The molecule has 2 aliphatic rings. The van der Waals surface area contributed by atoms with Gasteiger partial charge in [-0.1, -0.05) is 23.4 Å². The summed E-state index contributed by atoms with van der Waals surface area (Å²) in [5, 5.41) is 3.60. The van der Waals surface area contributed by atoms with Gasteiger partial charge in [-0.15, -0.1) is 0 Å². The maximum Gasteiger partial charge on any atom is 0.224 e. The van der Waals surface area contributed by atoms with Crippen LogP contribution in [-0.4, -0.2) is 34.8 Å². The molecular formula is C22H24FN3O2S. The van der Waals surface area contributed by atoms with Gasteiger partial charge in [0.05, 0.1) is 12.2 Å². The van der Waals surface area contributed by atoms with E-state index in [1.807, 2.05) is 6.26 Å². The molecule has 1 aromatic carbocycles. The van der Waals surface area contributed by atoms with Crippen LogP contribution < -0.4 is 10.1 Å². The number of fused-ring (bicyclic) bond motifs is 1. The number of aromatic nitrogens is 2. The molecule has 0 spiro atoms. The second-order valence-electron chi connectivity index (χ2n) is 7.40. The van der Waals surface area contributed by atoms with Crippen LogP contribution in [-0.2, 0) is 11.2 Å². The third-order valence-corrected chi connectivity index (χ3v) is 5.82. The highest BCUT2D eigenvalue weighted by Gasteiger charge is 2.28. The predicted molar refractivity (Wildman–Crippen MR) is 112 cm³/mol. The molecule has 0 fully saturated rings. The Morgan fingerprint density at radius 2 is 2.28 bits per heavy atom. The summed E-state index contributed by atoms with van der Waals surface area (Å²) >= 11 is 1.43. The van der Waals surface area contributed by atoms with Crippen LogP contribution in [0.5, 0.6) is 5.75 Å². The molecule has 0 bridgehead atoms. The summed E-state index contributed by atoms with van der Waals surface area (Å²) in [5.41, 5.74) is 3.29. The fraction of sp³-hybridized carbons (Fsp3) is 0.409. The first kappa shape index (κ1) is 19.9. The van der Waals surface area contributed by atoms with Crippen LogP contribution in [0.2, 0.25) is 0 Å². The lowest BCUT2D eigenvalue weighted by atomic mass is 9.97. The number of nitrogens with one attached hydrogen (secondary N) is 1. The van der Waals surface area contributed by atoms with Gasteiger partial charge in [-0.25, -0.2) is 14.4 Å². The van der Waals surface area contributed by atoms with Crippen molar-refractivity contribution in [2.75, 3.05) is 12.8 Å². The fourth-order valence-corrected chi connectivity index (χ4v) is 4.21. The van der Waals surface area contributed by atoms with Crippen molar-refractivity contribution in [2.24, 2.45) is 0 Å². The minimum atomic E-state index is -0.319. The molecular weight excluding hydrogens is 389 g/mol. The summed E-state index contributed by atoms with van der Waals surface area (Å²) in [6.45, 7) is 0.404. The third-order valence-electron chi connectivity index (χ3n) is 5.25. The van der Waals surface area contributed by atoms with E-state index in [4.69, 9.17) is 4.74 Å². The monoisotopic (exact) mass is 413 g/mol. The average Bonchev–Trinajstić information content (AvgIpc) is 3.15. The van der Waals surface area contributed by atoms with Crippen molar-refractivity contribution in [1.82, 2.24) is 15.3 Å². The zero-order chi connectivity index (χ0) is 20.2. The highest BCUT2D eigenvalue weighted by Crippen LogP contribution is 2.39. The minimum Gasteiger partial charge on any atom is -0.487 e. The number of halogens is 1. The number of thioether (sulfide) groups is 1. The van der Waals surface area contributed by atoms with Crippen molar-refractivity contribution in [3.8, 4) is 17.0 Å². The lowest BCUT2D eigenvalue weighted by molar-refractivity contribution is -0.120. The van der Waals surface area contributed by atoms with E-state index < -0.39 is 0 Å². The lowest BCUT2D eigenvalue weighted by Gasteiger charge is -2.15. The van der Waals surface area contributed by atoms with Crippen LogP contribution >= 0.6 is 11.8 Å². The van der Waals surface area contributed by atoms with Crippen molar-refractivity contribution < 1.29 is 13.9 Å². The van der Waals surface area contributed by atoms with Gasteiger partial charge in [0.25, 0.3) is 0 Å². The number of hydrogen-bond acceptors (Lipinski definition) is 5. The van der Waals surface area contributed by atoms with Gasteiger partial charge < -0.3 is 10.1 Å². The van der Waals surface area contributed by atoms with Crippen LogP contribution in [0.25, 0.3) is 11.3 Å². The Morgan fingerprint density at radius 3 is 3.07 bits per heavy atom. The van der Waals surface area contributed by atoms with E-state index in [9.17, 15) is 9.18 Å². The normalized spacial score (nSPS) is 18.0. The molecule has 0 saturated heterocycles. The van der Waals surface area contributed by atoms with E-state index in [-0.39, 0.29) is 17.8 Å². The smallest absolute Gasteiger partial charge is 0.224 e. The topological polar surface area (TPSA) is 64.1 Å². The number of benzene rings is 1. The number of carbonyl (C=O) groups excluding carboxylic acids is 1. The maximum atomic E-state index is 14.2. The summed E-state index contributed by atoms with van der Waals surface area (Å²) in [6.07, 6.45) is 11.0. The zero-order valence-electron chi connectivity index (χ0n) is 16.4. The van der Waals surface area contributed by atoms with Crippen LogP contribution in [0.15, 0.2) is 41.2 Å². The number of nitrogens with zero attached hydrogens (tertiary/aromatic N) is 2. The van der Waals surface area contributed by atoms with E-state index in [0.29, 0.717) is 41.5 Å². The Hall–Kier alpha value is -2.41. The van der Waals surface area contributed by atoms with Crippen molar-refractivity contribution in [3.05, 3.63) is 47.4 Å². The Morgan fingerprint density at radius 1 is 1.38 bits per heavy atom. The second-order valence-corrected chi connectivity index (χ2v) is 8.18. The molecule has 29 heavy (non-hydrogen) atoms. The SMILES string of the molecule is CSc1nccc(-c2cc(F)cc3c2OC(CNC(=O)CC2=CCCCC2)C3)n1. The summed E-state index contributed by atoms with van der Waals surface area (Å²) in [4.78, 5) is 20.9. The summed E-state index contributed by atoms with van der Waals surface area (Å²) in [5.74, 6) is 0.344. The Kier molecular flexibility index (Phi) is 6.13. The molecule has 1 unspecified atom stereocenters.